The van der Waals surface area contributed by atoms with Crippen LogP contribution in [0.3, 0.4) is 0 Å². The number of alkyl halides is 1. The van der Waals surface area contributed by atoms with E-state index in [1.807, 2.05) is 24.0 Å². The lowest BCUT2D eigenvalue weighted by Gasteiger charge is -2.14. The number of fused-ring (bicyclic) bond motifs is 1. The first kappa shape index (κ1) is 11.4. The molecule has 1 saturated carbocycles. The fourth-order valence-electron chi connectivity index (χ4n) is 2.35. The van der Waals surface area contributed by atoms with Gasteiger partial charge >= 0.3 is 0 Å². The van der Waals surface area contributed by atoms with Crippen LogP contribution in [-0.4, -0.2) is 15.6 Å². The minimum absolute atomic E-state index is 0.318. The summed E-state index contributed by atoms with van der Waals surface area (Å²) in [4.78, 5) is 5.75. The van der Waals surface area contributed by atoms with E-state index in [1.54, 1.807) is 0 Å². The molecule has 1 heterocycles. The first-order valence-corrected chi connectivity index (χ1v) is 7.31. The van der Waals surface area contributed by atoms with Gasteiger partial charge in [0.25, 0.3) is 0 Å². The Bertz CT molecular complexity index is 523. The van der Waals surface area contributed by atoms with Crippen LogP contribution in [0.4, 0.5) is 0 Å². The zero-order chi connectivity index (χ0) is 11.7. The van der Waals surface area contributed by atoms with Crippen LogP contribution in [0.2, 0.25) is 0 Å². The first-order valence-electron chi connectivity index (χ1n) is 5.99. The van der Waals surface area contributed by atoms with E-state index in [4.69, 9.17) is 11.6 Å². The number of rotatable bonds is 2. The molecule has 1 fully saturated rings. The maximum Gasteiger partial charge on any atom is 0.0837 e. The molecular formula is C14H14ClNS. The zero-order valence-electron chi connectivity index (χ0n) is 9.47. The quantitative estimate of drug-likeness (QED) is 0.741. The van der Waals surface area contributed by atoms with Crippen LogP contribution in [0.1, 0.15) is 19.3 Å². The summed E-state index contributed by atoms with van der Waals surface area (Å²) in [6, 6.07) is 10.5. The van der Waals surface area contributed by atoms with Gasteiger partial charge in [-0.25, -0.2) is 0 Å². The predicted molar refractivity (Wildman–Crippen MR) is 74.9 cm³/mol. The van der Waals surface area contributed by atoms with E-state index in [9.17, 15) is 0 Å². The number of hydrogen-bond acceptors (Lipinski definition) is 2. The predicted octanol–water partition coefficient (Wildman–Crippen LogP) is 4.49. The Balaban J connectivity index is 1.94. The first-order chi connectivity index (χ1) is 8.34. The average Bonchev–Trinajstić information content (AvgIpc) is 2.76. The van der Waals surface area contributed by atoms with Crippen molar-refractivity contribution in [2.45, 2.75) is 34.8 Å². The molecule has 1 nitrogen and oxygen atoms in total. The fraction of sp³-hybridized carbons (Fsp3) is 0.357. The molecule has 0 spiro atoms. The second-order valence-electron chi connectivity index (χ2n) is 4.43. The van der Waals surface area contributed by atoms with E-state index >= 15 is 0 Å². The number of pyridine rings is 1. The lowest BCUT2D eigenvalue weighted by Crippen LogP contribution is -2.08. The number of thioether (sulfide) groups is 1. The average molecular weight is 264 g/mol. The van der Waals surface area contributed by atoms with Crippen LogP contribution in [0, 0.1) is 0 Å². The number of hydrogen-bond donors (Lipinski definition) is 0. The molecule has 0 aliphatic heterocycles. The van der Waals surface area contributed by atoms with Crippen molar-refractivity contribution in [1.82, 2.24) is 4.98 Å². The molecule has 1 aliphatic carbocycles. The highest BCUT2D eigenvalue weighted by Gasteiger charge is 2.26. The molecule has 0 radical (unpaired) electrons. The van der Waals surface area contributed by atoms with Crippen LogP contribution in [0.25, 0.3) is 10.9 Å². The minimum atomic E-state index is 0.318. The molecule has 88 valence electrons. The monoisotopic (exact) mass is 263 g/mol. The highest BCUT2D eigenvalue weighted by molar-refractivity contribution is 8.00. The van der Waals surface area contributed by atoms with Gasteiger partial charge in [0, 0.05) is 27.1 Å². The van der Waals surface area contributed by atoms with Crippen LogP contribution in [-0.2, 0) is 0 Å². The molecule has 0 amide bonds. The van der Waals surface area contributed by atoms with Crippen molar-refractivity contribution in [2.24, 2.45) is 0 Å². The largest absolute Gasteiger partial charge is 0.255 e. The van der Waals surface area contributed by atoms with Gasteiger partial charge in [-0.15, -0.1) is 23.4 Å². The normalized spacial score (nSPS) is 24.3. The highest BCUT2D eigenvalue weighted by atomic mass is 35.5. The Labute approximate surface area is 111 Å². The summed E-state index contributed by atoms with van der Waals surface area (Å²) in [6.45, 7) is 0. The Kier molecular flexibility index (Phi) is 3.26. The number of benzene rings is 1. The van der Waals surface area contributed by atoms with E-state index < -0.39 is 0 Å². The molecule has 2 unspecified atom stereocenters. The van der Waals surface area contributed by atoms with E-state index in [1.165, 1.54) is 23.1 Å². The lowest BCUT2D eigenvalue weighted by atomic mass is 10.2. The van der Waals surface area contributed by atoms with Crippen molar-refractivity contribution in [3.8, 4) is 0 Å². The number of aromatic nitrogens is 1. The van der Waals surface area contributed by atoms with E-state index in [-0.39, 0.29) is 0 Å². The van der Waals surface area contributed by atoms with Crippen LogP contribution in [0.5, 0.6) is 0 Å². The van der Waals surface area contributed by atoms with Crippen molar-refractivity contribution >= 4 is 34.3 Å². The van der Waals surface area contributed by atoms with Crippen molar-refractivity contribution in [3.05, 3.63) is 36.5 Å². The number of halogens is 1. The molecule has 2 atom stereocenters. The summed E-state index contributed by atoms with van der Waals surface area (Å²) in [5, 5.41) is 2.07. The Morgan fingerprint density at radius 1 is 1.18 bits per heavy atom. The van der Waals surface area contributed by atoms with Gasteiger partial charge in [-0.2, -0.15) is 0 Å². The van der Waals surface area contributed by atoms with Crippen molar-refractivity contribution in [2.75, 3.05) is 0 Å². The highest BCUT2D eigenvalue weighted by Crippen LogP contribution is 2.39. The second kappa shape index (κ2) is 4.87. The van der Waals surface area contributed by atoms with Gasteiger partial charge in [0.1, 0.15) is 0 Å². The van der Waals surface area contributed by atoms with Gasteiger partial charge in [-0.05, 0) is 25.0 Å². The third kappa shape index (κ3) is 2.29. The number of nitrogens with zero attached hydrogens (tertiary/aromatic N) is 1. The molecule has 3 rings (SSSR count). The van der Waals surface area contributed by atoms with Crippen LogP contribution >= 0.6 is 23.4 Å². The Morgan fingerprint density at radius 3 is 2.88 bits per heavy atom. The molecule has 1 aromatic heterocycles. The molecule has 17 heavy (non-hydrogen) atoms. The Morgan fingerprint density at radius 2 is 2.06 bits per heavy atom. The molecule has 2 aromatic rings. The van der Waals surface area contributed by atoms with Crippen molar-refractivity contribution in [3.63, 3.8) is 0 Å². The Hall–Kier alpha value is -0.730. The van der Waals surface area contributed by atoms with Crippen molar-refractivity contribution < 1.29 is 0 Å². The molecule has 3 heteroatoms. The molecule has 0 N–H and O–H groups in total. The fourth-order valence-corrected chi connectivity index (χ4v) is 4.12. The SMILES string of the molecule is ClC1CCCC1Sc1cccc2cccnc12. The van der Waals surface area contributed by atoms with E-state index in [2.05, 4.69) is 29.2 Å². The van der Waals surface area contributed by atoms with E-state index in [0.29, 0.717) is 10.6 Å². The second-order valence-corrected chi connectivity index (χ2v) is 6.28. The van der Waals surface area contributed by atoms with E-state index in [0.717, 1.165) is 11.9 Å². The van der Waals surface area contributed by atoms with Gasteiger partial charge in [-0.1, -0.05) is 24.6 Å². The molecule has 0 bridgehead atoms. The van der Waals surface area contributed by atoms with Crippen molar-refractivity contribution in [1.29, 1.82) is 0 Å². The summed E-state index contributed by atoms with van der Waals surface area (Å²) in [5.74, 6) is 0. The molecule has 1 aromatic carbocycles. The van der Waals surface area contributed by atoms with Crippen LogP contribution in [0.15, 0.2) is 41.4 Å². The maximum absolute atomic E-state index is 6.34. The third-order valence-corrected chi connectivity index (χ3v) is 5.37. The van der Waals surface area contributed by atoms with Gasteiger partial charge in [0.05, 0.1) is 5.52 Å². The number of para-hydroxylation sites is 1. The zero-order valence-corrected chi connectivity index (χ0v) is 11.0. The smallest absolute Gasteiger partial charge is 0.0837 e. The molecular weight excluding hydrogens is 250 g/mol. The van der Waals surface area contributed by atoms with Gasteiger partial charge in [0.15, 0.2) is 0 Å². The third-order valence-electron chi connectivity index (χ3n) is 3.25. The molecule has 1 aliphatic rings. The van der Waals surface area contributed by atoms with Crippen LogP contribution < -0.4 is 0 Å². The summed E-state index contributed by atoms with van der Waals surface area (Å²) < 4.78 is 0. The summed E-state index contributed by atoms with van der Waals surface area (Å²) in [6.07, 6.45) is 5.49. The lowest BCUT2D eigenvalue weighted by molar-refractivity contribution is 0.888. The summed E-state index contributed by atoms with van der Waals surface area (Å²) in [7, 11) is 0. The summed E-state index contributed by atoms with van der Waals surface area (Å²) >= 11 is 8.23. The van der Waals surface area contributed by atoms with Gasteiger partial charge in [-0.3, -0.25) is 4.98 Å². The van der Waals surface area contributed by atoms with Gasteiger partial charge in [0.2, 0.25) is 0 Å². The summed E-state index contributed by atoms with van der Waals surface area (Å²) in [5.41, 5.74) is 1.11. The topological polar surface area (TPSA) is 12.9 Å². The molecule has 0 saturated heterocycles. The van der Waals surface area contributed by atoms with Gasteiger partial charge < -0.3 is 0 Å². The minimum Gasteiger partial charge on any atom is -0.255 e. The standard InChI is InChI=1S/C14H14ClNS/c15-11-6-2-7-12(11)17-13-8-1-4-10-5-3-9-16-14(10)13/h1,3-5,8-9,11-12H,2,6-7H2. The maximum atomic E-state index is 6.34.